The van der Waals surface area contributed by atoms with Gasteiger partial charge in [0.25, 0.3) is 0 Å². The zero-order chi connectivity index (χ0) is 22.6. The van der Waals surface area contributed by atoms with Crippen LogP contribution in [0.1, 0.15) is 5.56 Å². The predicted molar refractivity (Wildman–Crippen MR) is 116 cm³/mol. The van der Waals surface area contributed by atoms with Crippen molar-refractivity contribution < 1.29 is 23.8 Å². The van der Waals surface area contributed by atoms with Crippen molar-refractivity contribution >= 4 is 34.2 Å². The number of phenolic OH excluding ortho intramolecular Hbond substituents is 1. The van der Waals surface area contributed by atoms with Gasteiger partial charge in [-0.15, -0.1) is 0 Å². The van der Waals surface area contributed by atoms with E-state index in [4.69, 9.17) is 9.47 Å². The number of carbonyl (C=O) groups excluding carboxylic acids is 1. The van der Waals surface area contributed by atoms with E-state index in [-0.39, 0.29) is 0 Å². The molecule has 10 heteroatoms. The number of nitrogens with one attached hydrogen (secondary N) is 1. The SMILES string of the molecule is COc1cc2ncnc(Nc3ccc(F)c(O)c3C)c2cc1N1CC2(CN(C)C2)OC1=O. The molecule has 32 heavy (non-hydrogen) atoms. The summed E-state index contributed by atoms with van der Waals surface area (Å²) in [5.41, 5.74) is 1.48. The summed E-state index contributed by atoms with van der Waals surface area (Å²) in [6.45, 7) is 3.37. The Morgan fingerprint density at radius 2 is 2.03 bits per heavy atom. The predicted octanol–water partition coefficient (Wildman–Crippen LogP) is 3.18. The Balaban J connectivity index is 1.57. The number of methoxy groups -OCH3 is 1. The number of hydrogen-bond donors (Lipinski definition) is 2. The second-order valence-corrected chi connectivity index (χ2v) is 8.27. The number of nitrogens with zero attached hydrogens (tertiary/aromatic N) is 4. The molecule has 166 valence electrons. The van der Waals surface area contributed by atoms with Crippen LogP contribution >= 0.6 is 0 Å². The van der Waals surface area contributed by atoms with Crippen LogP contribution in [0.15, 0.2) is 30.6 Å². The highest BCUT2D eigenvalue weighted by atomic mass is 19.1. The third-order valence-corrected chi connectivity index (χ3v) is 5.95. The molecule has 1 spiro atoms. The van der Waals surface area contributed by atoms with E-state index in [2.05, 4.69) is 20.2 Å². The van der Waals surface area contributed by atoms with Crippen LogP contribution in [0.4, 0.5) is 26.4 Å². The Kier molecular flexibility index (Phi) is 4.55. The van der Waals surface area contributed by atoms with E-state index in [1.807, 2.05) is 7.05 Å². The maximum absolute atomic E-state index is 13.6. The van der Waals surface area contributed by atoms with Gasteiger partial charge in [-0.1, -0.05) is 0 Å². The fraction of sp³-hybridized carbons (Fsp3) is 0.318. The Labute approximate surface area is 183 Å². The summed E-state index contributed by atoms with van der Waals surface area (Å²) in [4.78, 5) is 25.0. The van der Waals surface area contributed by atoms with Gasteiger partial charge in [-0.05, 0) is 32.2 Å². The molecule has 2 aliphatic heterocycles. The zero-order valence-electron chi connectivity index (χ0n) is 17.8. The third kappa shape index (κ3) is 3.14. The highest BCUT2D eigenvalue weighted by Gasteiger charge is 2.53. The minimum absolute atomic E-state index is 0.352. The van der Waals surface area contributed by atoms with Crippen LogP contribution in [0.5, 0.6) is 11.5 Å². The number of aromatic hydroxyl groups is 1. The third-order valence-electron chi connectivity index (χ3n) is 5.95. The summed E-state index contributed by atoms with van der Waals surface area (Å²) < 4.78 is 24.9. The van der Waals surface area contributed by atoms with Crippen molar-refractivity contribution in [1.29, 1.82) is 0 Å². The number of rotatable bonds is 4. The number of likely N-dealkylation sites (tertiary alicyclic amines) is 1. The minimum Gasteiger partial charge on any atom is -0.505 e. The summed E-state index contributed by atoms with van der Waals surface area (Å²) in [6, 6.07) is 6.21. The highest BCUT2D eigenvalue weighted by molar-refractivity contribution is 6.00. The van der Waals surface area contributed by atoms with Crippen LogP contribution in [0, 0.1) is 12.7 Å². The lowest BCUT2D eigenvalue weighted by Crippen LogP contribution is -2.62. The van der Waals surface area contributed by atoms with Gasteiger partial charge in [0, 0.05) is 35.8 Å². The fourth-order valence-electron chi connectivity index (χ4n) is 4.39. The van der Waals surface area contributed by atoms with Crippen LogP contribution in [0.25, 0.3) is 10.9 Å². The number of anilines is 3. The molecule has 2 saturated heterocycles. The van der Waals surface area contributed by atoms with Gasteiger partial charge in [0.15, 0.2) is 17.2 Å². The number of halogens is 1. The maximum atomic E-state index is 13.6. The van der Waals surface area contributed by atoms with E-state index in [1.54, 1.807) is 24.0 Å². The summed E-state index contributed by atoms with van der Waals surface area (Å²) in [7, 11) is 3.51. The number of ether oxygens (including phenoxy) is 2. The van der Waals surface area contributed by atoms with Crippen LogP contribution in [-0.2, 0) is 4.74 Å². The second-order valence-electron chi connectivity index (χ2n) is 8.27. The molecule has 0 aliphatic carbocycles. The quantitative estimate of drug-likeness (QED) is 0.640. The first-order valence-corrected chi connectivity index (χ1v) is 10.1. The lowest BCUT2D eigenvalue weighted by atomic mass is 9.95. The average molecular weight is 439 g/mol. The number of aromatic nitrogens is 2. The molecule has 2 aliphatic rings. The van der Waals surface area contributed by atoms with Crippen molar-refractivity contribution in [2.24, 2.45) is 0 Å². The molecule has 0 saturated carbocycles. The molecule has 1 amide bonds. The van der Waals surface area contributed by atoms with E-state index in [9.17, 15) is 14.3 Å². The number of amides is 1. The summed E-state index contributed by atoms with van der Waals surface area (Å²) >= 11 is 0. The summed E-state index contributed by atoms with van der Waals surface area (Å²) in [5.74, 6) is -0.194. The van der Waals surface area contributed by atoms with Gasteiger partial charge in [0.1, 0.15) is 17.9 Å². The Morgan fingerprint density at radius 3 is 2.75 bits per heavy atom. The van der Waals surface area contributed by atoms with Gasteiger partial charge in [0.2, 0.25) is 0 Å². The normalized spacial score (nSPS) is 17.5. The summed E-state index contributed by atoms with van der Waals surface area (Å²) in [6.07, 6.45) is 0.965. The lowest BCUT2D eigenvalue weighted by molar-refractivity contribution is -0.0599. The fourth-order valence-corrected chi connectivity index (χ4v) is 4.39. The van der Waals surface area contributed by atoms with Crippen molar-refractivity contribution in [3.63, 3.8) is 0 Å². The number of benzene rings is 2. The zero-order valence-corrected chi connectivity index (χ0v) is 17.8. The molecule has 2 fully saturated rings. The first-order valence-electron chi connectivity index (χ1n) is 10.1. The molecule has 5 rings (SSSR count). The average Bonchev–Trinajstić information content (AvgIpc) is 3.10. The van der Waals surface area contributed by atoms with Crippen molar-refractivity contribution in [3.05, 3.63) is 42.0 Å². The molecule has 0 radical (unpaired) electrons. The molecule has 2 N–H and O–H groups in total. The number of carbonyl (C=O) groups is 1. The molecule has 0 atom stereocenters. The minimum atomic E-state index is -0.698. The van der Waals surface area contributed by atoms with Crippen LogP contribution < -0.4 is 15.0 Å². The molecule has 2 aromatic carbocycles. The van der Waals surface area contributed by atoms with Gasteiger partial charge in [-0.25, -0.2) is 19.2 Å². The maximum Gasteiger partial charge on any atom is 0.415 e. The van der Waals surface area contributed by atoms with Crippen molar-refractivity contribution in [2.75, 3.05) is 44.0 Å². The smallest absolute Gasteiger partial charge is 0.415 e. The molecule has 0 bridgehead atoms. The van der Waals surface area contributed by atoms with Gasteiger partial charge in [-0.3, -0.25) is 9.80 Å². The van der Waals surface area contributed by atoms with Crippen LogP contribution in [-0.4, -0.2) is 65.5 Å². The van der Waals surface area contributed by atoms with Crippen molar-refractivity contribution in [2.45, 2.75) is 12.5 Å². The van der Waals surface area contributed by atoms with Crippen molar-refractivity contribution in [1.82, 2.24) is 14.9 Å². The van der Waals surface area contributed by atoms with Gasteiger partial charge in [0.05, 0.1) is 24.9 Å². The van der Waals surface area contributed by atoms with E-state index in [0.717, 1.165) is 0 Å². The van der Waals surface area contributed by atoms with Crippen molar-refractivity contribution in [3.8, 4) is 11.5 Å². The van der Waals surface area contributed by atoms with E-state index >= 15 is 0 Å². The molecule has 3 heterocycles. The lowest BCUT2D eigenvalue weighted by Gasteiger charge is -2.43. The van der Waals surface area contributed by atoms with E-state index in [0.29, 0.717) is 59.0 Å². The molecular weight excluding hydrogens is 417 g/mol. The monoisotopic (exact) mass is 439 g/mol. The number of likely N-dealkylation sites (N-methyl/N-ethyl adjacent to an activating group) is 1. The molecule has 9 nitrogen and oxygen atoms in total. The molecular formula is C22H22FN5O4. The van der Waals surface area contributed by atoms with Crippen LogP contribution in [0.2, 0.25) is 0 Å². The Hall–Kier alpha value is -3.66. The number of hydrogen-bond acceptors (Lipinski definition) is 8. The first-order chi connectivity index (χ1) is 15.3. The standard InChI is InChI=1S/C22H22FN5O4/c1-12-15(5-4-14(23)19(12)29)26-20-13-6-17(18(31-3)7-16(13)24-11-25-20)28-10-22(32-21(28)30)8-27(2)9-22/h4-7,11,29H,8-10H2,1-3H3,(H,24,25,26). The number of fused-ring (bicyclic) bond motifs is 1. The van der Waals surface area contributed by atoms with Gasteiger partial charge >= 0.3 is 6.09 Å². The Morgan fingerprint density at radius 1 is 1.25 bits per heavy atom. The summed E-state index contributed by atoms with van der Waals surface area (Å²) in [5, 5.41) is 13.7. The number of phenols is 1. The largest absolute Gasteiger partial charge is 0.505 e. The Bertz CT molecular complexity index is 1240. The molecule has 3 aromatic rings. The van der Waals surface area contributed by atoms with Gasteiger partial charge in [-0.2, -0.15) is 0 Å². The van der Waals surface area contributed by atoms with E-state index < -0.39 is 23.3 Å². The topological polar surface area (TPSA) is 100 Å². The second kappa shape index (κ2) is 7.20. The van der Waals surface area contributed by atoms with E-state index in [1.165, 1.54) is 25.6 Å². The molecule has 0 unspecified atom stereocenters. The van der Waals surface area contributed by atoms with Gasteiger partial charge < -0.3 is 19.9 Å². The first kappa shape index (κ1) is 20.3. The van der Waals surface area contributed by atoms with Crippen LogP contribution in [0.3, 0.4) is 0 Å². The molecule has 1 aromatic heterocycles. The highest BCUT2D eigenvalue weighted by Crippen LogP contribution is 2.41.